The van der Waals surface area contributed by atoms with Crippen LogP contribution in [0.25, 0.3) is 6.08 Å². The number of aromatic carboxylic acids is 1. The Labute approximate surface area is 182 Å². The van der Waals surface area contributed by atoms with Gasteiger partial charge in [0.1, 0.15) is 11.4 Å². The zero-order valence-electron chi connectivity index (χ0n) is 16.9. The molecule has 2 saturated heterocycles. The van der Waals surface area contributed by atoms with E-state index in [-0.39, 0.29) is 40.6 Å². The summed E-state index contributed by atoms with van der Waals surface area (Å²) in [5.74, 6) is -3.61. The minimum atomic E-state index is -1.18. The van der Waals surface area contributed by atoms with E-state index in [1.54, 1.807) is 13.0 Å². The predicted octanol–water partition coefficient (Wildman–Crippen LogP) is 1.00. The molecule has 1 aromatic rings. The third-order valence-corrected chi connectivity index (χ3v) is 7.48. The number of hydrogen-bond acceptors (Lipinski definition) is 8. The Hall–Kier alpha value is -2.63. The Morgan fingerprint density at radius 3 is 2.74 bits per heavy atom. The molecule has 2 fully saturated rings. The first-order valence-corrected chi connectivity index (χ1v) is 10.8. The van der Waals surface area contributed by atoms with Gasteiger partial charge in [-0.15, -0.1) is 11.8 Å². The SMILES string of the molecule is C[C@@H](O)[C@H]1C(=O)N2C(C(=O)O)=C(S[C@@H]3CN[C@H](/C=C/c4cc(C(=O)O)on4)C3)[C@H](C)[C@H]12. The lowest BCUT2D eigenvalue weighted by atomic mass is 9.79. The molecule has 0 saturated carbocycles. The predicted molar refractivity (Wildman–Crippen MR) is 110 cm³/mol. The number of nitrogens with zero attached hydrogens (tertiary/aromatic N) is 2. The zero-order valence-corrected chi connectivity index (χ0v) is 17.7. The average Bonchev–Trinajstić information content (AvgIpc) is 3.39. The fourth-order valence-corrected chi connectivity index (χ4v) is 6.00. The van der Waals surface area contributed by atoms with Crippen LogP contribution in [0, 0.1) is 11.8 Å². The normalized spacial score (nSPS) is 31.3. The van der Waals surface area contributed by atoms with Crippen LogP contribution in [0.3, 0.4) is 0 Å². The largest absolute Gasteiger partial charge is 0.477 e. The number of thioether (sulfide) groups is 1. The Balaban J connectivity index is 1.43. The van der Waals surface area contributed by atoms with E-state index in [1.807, 2.05) is 13.0 Å². The van der Waals surface area contributed by atoms with E-state index in [9.17, 15) is 24.6 Å². The topological polar surface area (TPSA) is 153 Å². The Bertz CT molecular complexity index is 985. The molecule has 31 heavy (non-hydrogen) atoms. The van der Waals surface area contributed by atoms with Crippen molar-refractivity contribution in [2.45, 2.75) is 43.7 Å². The van der Waals surface area contributed by atoms with Gasteiger partial charge in [0.15, 0.2) is 0 Å². The summed E-state index contributed by atoms with van der Waals surface area (Å²) in [6.45, 7) is 4.12. The van der Waals surface area contributed by atoms with Crippen molar-refractivity contribution in [2.75, 3.05) is 6.54 Å². The Kier molecular flexibility index (Phi) is 5.67. The molecule has 10 nitrogen and oxygen atoms in total. The summed E-state index contributed by atoms with van der Waals surface area (Å²) in [5.41, 5.74) is 0.440. The van der Waals surface area contributed by atoms with Crippen LogP contribution < -0.4 is 5.32 Å². The van der Waals surface area contributed by atoms with Gasteiger partial charge in [0.25, 0.3) is 0 Å². The van der Waals surface area contributed by atoms with Crippen LogP contribution in [0.4, 0.5) is 0 Å². The number of hydrogen-bond donors (Lipinski definition) is 4. The van der Waals surface area contributed by atoms with Crippen molar-refractivity contribution in [3.8, 4) is 0 Å². The molecule has 0 aliphatic carbocycles. The molecule has 3 aliphatic heterocycles. The highest BCUT2D eigenvalue weighted by Gasteiger charge is 2.60. The quantitative estimate of drug-likeness (QED) is 0.443. The third-order valence-electron chi connectivity index (χ3n) is 5.97. The van der Waals surface area contributed by atoms with Crippen molar-refractivity contribution in [3.05, 3.63) is 34.2 Å². The first-order chi connectivity index (χ1) is 14.7. The van der Waals surface area contributed by atoms with Gasteiger partial charge >= 0.3 is 11.9 Å². The summed E-state index contributed by atoms with van der Waals surface area (Å²) < 4.78 is 4.72. The number of amides is 1. The fraction of sp³-hybridized carbons (Fsp3) is 0.500. The summed E-state index contributed by atoms with van der Waals surface area (Å²) in [4.78, 5) is 37.2. The maximum Gasteiger partial charge on any atom is 0.374 e. The number of fused-ring (bicyclic) bond motifs is 1. The van der Waals surface area contributed by atoms with Crippen LogP contribution in [-0.2, 0) is 9.59 Å². The number of nitrogens with one attached hydrogen (secondary N) is 1. The summed E-state index contributed by atoms with van der Waals surface area (Å²) in [6.07, 6.45) is 3.45. The second kappa shape index (κ2) is 8.13. The molecule has 0 unspecified atom stereocenters. The van der Waals surface area contributed by atoms with Gasteiger partial charge in [0.05, 0.1) is 18.1 Å². The van der Waals surface area contributed by atoms with Crippen LogP contribution in [-0.4, -0.2) is 73.2 Å². The second-order valence-electron chi connectivity index (χ2n) is 8.04. The molecule has 1 aromatic heterocycles. The van der Waals surface area contributed by atoms with Crippen LogP contribution in [0.1, 0.15) is 36.5 Å². The number of aliphatic carboxylic acids is 1. The number of carboxylic acid groups (broad SMARTS) is 2. The van der Waals surface area contributed by atoms with E-state index in [0.29, 0.717) is 17.1 Å². The van der Waals surface area contributed by atoms with Crippen molar-refractivity contribution in [1.82, 2.24) is 15.4 Å². The van der Waals surface area contributed by atoms with E-state index in [0.717, 1.165) is 6.42 Å². The number of carbonyl (C=O) groups is 3. The number of carbonyl (C=O) groups excluding carboxylic acids is 1. The highest BCUT2D eigenvalue weighted by molar-refractivity contribution is 8.03. The molecule has 4 rings (SSSR count). The first-order valence-electron chi connectivity index (χ1n) is 9.96. The van der Waals surface area contributed by atoms with Gasteiger partial charge in [0, 0.05) is 34.7 Å². The van der Waals surface area contributed by atoms with Crippen LogP contribution in [0.2, 0.25) is 0 Å². The standard InChI is InChI=1S/C20H23N3O7S/c1-8-15-14(9(2)24)18(25)23(15)16(20(28)29)17(8)31-12-5-10(21-7-12)3-4-11-6-13(19(26)27)30-22-11/h3-4,6,8-10,12,14-15,21,24H,5,7H2,1-2H3,(H,26,27)(H,28,29)/b4-3+/t8-,9-,10-,12+,14-,15-/m1/s1. The van der Waals surface area contributed by atoms with Crippen LogP contribution >= 0.6 is 11.8 Å². The summed E-state index contributed by atoms with van der Waals surface area (Å²) in [6, 6.07) is 1.03. The molecular formula is C20H23N3O7S. The molecule has 0 bridgehead atoms. The number of rotatable bonds is 7. The van der Waals surface area contributed by atoms with Crippen molar-refractivity contribution in [3.63, 3.8) is 0 Å². The molecule has 0 spiro atoms. The van der Waals surface area contributed by atoms with Gasteiger partial charge in [-0.2, -0.15) is 0 Å². The van der Waals surface area contributed by atoms with Crippen molar-refractivity contribution >= 4 is 35.7 Å². The van der Waals surface area contributed by atoms with E-state index in [1.165, 1.54) is 22.7 Å². The van der Waals surface area contributed by atoms with Gasteiger partial charge in [-0.05, 0) is 19.4 Å². The lowest BCUT2D eigenvalue weighted by Crippen LogP contribution is -2.63. The van der Waals surface area contributed by atoms with Crippen molar-refractivity contribution in [2.24, 2.45) is 11.8 Å². The van der Waals surface area contributed by atoms with E-state index in [4.69, 9.17) is 9.63 Å². The van der Waals surface area contributed by atoms with Gasteiger partial charge in [0.2, 0.25) is 11.7 Å². The molecule has 11 heteroatoms. The Morgan fingerprint density at radius 2 is 2.13 bits per heavy atom. The number of β-lactam (4-membered cyclic amide) rings is 1. The molecular weight excluding hydrogens is 426 g/mol. The number of aliphatic hydroxyl groups is 1. The molecule has 0 aromatic carbocycles. The van der Waals surface area contributed by atoms with Gasteiger partial charge in [-0.3, -0.25) is 4.79 Å². The third kappa shape index (κ3) is 3.77. The molecule has 3 aliphatic rings. The highest BCUT2D eigenvalue weighted by Crippen LogP contribution is 2.51. The lowest BCUT2D eigenvalue weighted by Gasteiger charge is -2.46. The molecule has 0 radical (unpaired) electrons. The van der Waals surface area contributed by atoms with Crippen molar-refractivity contribution in [1.29, 1.82) is 0 Å². The molecule has 4 heterocycles. The minimum absolute atomic E-state index is 0.0111. The van der Waals surface area contributed by atoms with Gasteiger partial charge in [-0.25, -0.2) is 9.59 Å². The molecule has 1 amide bonds. The Morgan fingerprint density at radius 1 is 1.39 bits per heavy atom. The minimum Gasteiger partial charge on any atom is -0.477 e. The molecule has 4 N–H and O–H groups in total. The van der Waals surface area contributed by atoms with Gasteiger partial charge in [-0.1, -0.05) is 18.2 Å². The maximum atomic E-state index is 12.4. The average molecular weight is 449 g/mol. The van der Waals surface area contributed by atoms with Gasteiger partial charge < -0.3 is 30.1 Å². The number of aromatic nitrogens is 1. The summed E-state index contributed by atoms with van der Waals surface area (Å²) in [7, 11) is 0. The highest BCUT2D eigenvalue weighted by atomic mass is 32.2. The first kappa shape index (κ1) is 21.6. The second-order valence-corrected chi connectivity index (χ2v) is 9.38. The lowest BCUT2D eigenvalue weighted by molar-refractivity contribution is -0.163. The summed E-state index contributed by atoms with van der Waals surface area (Å²) in [5, 5.41) is 35.7. The van der Waals surface area contributed by atoms with Crippen LogP contribution in [0.15, 0.2) is 27.3 Å². The smallest absolute Gasteiger partial charge is 0.374 e. The molecule has 6 atom stereocenters. The summed E-state index contributed by atoms with van der Waals surface area (Å²) >= 11 is 1.47. The fourth-order valence-electron chi connectivity index (χ4n) is 4.51. The van der Waals surface area contributed by atoms with E-state index in [2.05, 4.69) is 10.5 Å². The van der Waals surface area contributed by atoms with Crippen molar-refractivity contribution < 1.29 is 34.2 Å². The van der Waals surface area contributed by atoms with E-state index >= 15 is 0 Å². The molecule has 166 valence electrons. The number of carboxylic acids is 2. The zero-order chi connectivity index (χ0) is 22.4. The monoisotopic (exact) mass is 449 g/mol. The van der Waals surface area contributed by atoms with E-state index < -0.39 is 24.0 Å². The number of aliphatic hydroxyl groups excluding tert-OH is 1. The van der Waals surface area contributed by atoms with Crippen LogP contribution in [0.5, 0.6) is 0 Å². The maximum absolute atomic E-state index is 12.4.